The molecule has 0 bridgehead atoms. The van der Waals surface area contributed by atoms with Crippen molar-refractivity contribution >= 4 is 11.6 Å². The minimum atomic E-state index is -0.0123. The standard InChI is InChI=1S/C7H7ClO.C5H5.Fe/c8-5-7(9)6-3-1-2-4-6;1-2-4-5-3-1;/h1-4,9H,5H2;1-5H;/q;-1;+2/p-1. The second-order valence-corrected chi connectivity index (χ2v) is 2.96. The van der Waals surface area contributed by atoms with Crippen molar-refractivity contribution in [3.8, 4) is 0 Å². The van der Waals surface area contributed by atoms with Gasteiger partial charge in [0.15, 0.2) is 0 Å². The van der Waals surface area contributed by atoms with Crippen LogP contribution >= 0.6 is 11.6 Å². The van der Waals surface area contributed by atoms with Gasteiger partial charge in [0.2, 0.25) is 0 Å². The van der Waals surface area contributed by atoms with Crippen LogP contribution in [0.25, 0.3) is 0 Å². The third-order valence-electron chi connectivity index (χ3n) is 1.66. The summed E-state index contributed by atoms with van der Waals surface area (Å²) < 4.78 is 0. The van der Waals surface area contributed by atoms with E-state index >= 15 is 0 Å². The number of hydrogen-bond acceptors (Lipinski definition) is 1. The Hall–Kier alpha value is -0.821. The minimum absolute atomic E-state index is 0. The van der Waals surface area contributed by atoms with Crippen molar-refractivity contribution in [2.24, 2.45) is 0 Å². The van der Waals surface area contributed by atoms with Gasteiger partial charge in [0.1, 0.15) is 0 Å². The third-order valence-corrected chi connectivity index (χ3v) is 1.90. The van der Waals surface area contributed by atoms with Crippen molar-refractivity contribution in [1.29, 1.82) is 0 Å². The van der Waals surface area contributed by atoms with Gasteiger partial charge >= 0.3 is 17.1 Å². The number of halogens is 1. The molecule has 3 heteroatoms. The number of allylic oxidation sites excluding steroid dienone is 6. The summed E-state index contributed by atoms with van der Waals surface area (Å²) in [6.07, 6.45) is 7.15. The van der Waals surface area contributed by atoms with Crippen LogP contribution in [0.15, 0.2) is 66.0 Å². The maximum atomic E-state index is 10.7. The summed E-state index contributed by atoms with van der Waals surface area (Å²) >= 11 is 5.29. The van der Waals surface area contributed by atoms with E-state index in [9.17, 15) is 5.11 Å². The van der Waals surface area contributed by atoms with Gasteiger partial charge in [-0.25, -0.2) is 12.1 Å². The number of alkyl halides is 1. The fourth-order valence-corrected chi connectivity index (χ4v) is 1.11. The Balaban J connectivity index is 0.000000280. The van der Waals surface area contributed by atoms with Gasteiger partial charge in [-0.3, -0.25) is 0 Å². The van der Waals surface area contributed by atoms with Gasteiger partial charge in [0, 0.05) is 5.88 Å². The molecule has 0 fully saturated rings. The van der Waals surface area contributed by atoms with E-state index < -0.39 is 0 Å². The maximum absolute atomic E-state index is 10.7. The summed E-state index contributed by atoms with van der Waals surface area (Å²) in [7, 11) is 0. The van der Waals surface area contributed by atoms with Crippen LogP contribution in [0.4, 0.5) is 0 Å². The van der Waals surface area contributed by atoms with E-state index in [2.05, 4.69) is 0 Å². The van der Waals surface area contributed by atoms with Crippen LogP contribution in [-0.4, -0.2) is 5.88 Å². The molecule has 0 aromatic heterocycles. The minimum Gasteiger partial charge on any atom is -0.874 e. The molecule has 1 nitrogen and oxygen atoms in total. The third kappa shape index (κ3) is 5.58. The van der Waals surface area contributed by atoms with Gasteiger partial charge in [-0.05, 0) is 5.57 Å². The summed E-state index contributed by atoms with van der Waals surface area (Å²) in [6, 6.07) is 10.0. The zero-order chi connectivity index (χ0) is 10.2. The van der Waals surface area contributed by atoms with Gasteiger partial charge < -0.3 is 5.11 Å². The zero-order valence-electron chi connectivity index (χ0n) is 8.04. The molecule has 0 amide bonds. The zero-order valence-corrected chi connectivity index (χ0v) is 9.90. The summed E-state index contributed by atoms with van der Waals surface area (Å²) in [6.45, 7) is 0. The molecule has 1 aromatic rings. The monoisotopic (exact) mass is 262 g/mol. The molecule has 15 heavy (non-hydrogen) atoms. The second-order valence-electron chi connectivity index (χ2n) is 2.69. The van der Waals surface area contributed by atoms with Crippen molar-refractivity contribution in [2.45, 2.75) is 0 Å². The van der Waals surface area contributed by atoms with Gasteiger partial charge in [-0.1, -0.05) is 24.3 Å². The van der Waals surface area contributed by atoms with Crippen LogP contribution in [-0.2, 0) is 17.1 Å². The Labute approximate surface area is 106 Å². The van der Waals surface area contributed by atoms with E-state index in [1.54, 1.807) is 12.2 Å². The first kappa shape index (κ1) is 14.2. The quantitative estimate of drug-likeness (QED) is 0.330. The molecule has 1 aliphatic carbocycles. The SMILES string of the molecule is [Fe+2].[O-]C(CCl)=C1C=CC=C1.c1cc[cH-]c1. The second kappa shape index (κ2) is 8.48. The van der Waals surface area contributed by atoms with E-state index in [4.69, 9.17) is 11.6 Å². The average Bonchev–Trinajstić information content (AvgIpc) is 2.91. The molecule has 0 saturated carbocycles. The van der Waals surface area contributed by atoms with Gasteiger partial charge in [-0.2, -0.15) is 18.2 Å². The van der Waals surface area contributed by atoms with Crippen LogP contribution in [0.5, 0.6) is 0 Å². The molecule has 0 spiro atoms. The van der Waals surface area contributed by atoms with Crippen molar-refractivity contribution in [1.82, 2.24) is 0 Å². The Bertz CT molecular complexity index is 305. The van der Waals surface area contributed by atoms with Crippen LogP contribution in [0.1, 0.15) is 0 Å². The molecule has 2 rings (SSSR count). The summed E-state index contributed by atoms with van der Waals surface area (Å²) in [5.41, 5.74) is 0.699. The van der Waals surface area contributed by atoms with Crippen molar-refractivity contribution in [3.63, 3.8) is 0 Å². The Kier molecular flexibility index (Phi) is 8.02. The number of hydrogen-bond donors (Lipinski definition) is 0. The molecule has 1 aliphatic rings. The molecule has 0 saturated heterocycles. The first-order valence-corrected chi connectivity index (χ1v) is 4.85. The molecule has 0 N–H and O–H groups in total. The fourth-order valence-electron chi connectivity index (χ4n) is 0.958. The van der Waals surface area contributed by atoms with Gasteiger partial charge in [0.25, 0.3) is 0 Å². The molecular formula is C12H11ClFeO. The largest absolute Gasteiger partial charge is 2.00 e. The topological polar surface area (TPSA) is 23.1 Å². The summed E-state index contributed by atoms with van der Waals surface area (Å²) in [4.78, 5) is 0. The first-order chi connectivity index (χ1) is 6.84. The van der Waals surface area contributed by atoms with Crippen molar-refractivity contribution < 1.29 is 22.2 Å². The predicted octanol–water partition coefficient (Wildman–Crippen LogP) is 2.37. The van der Waals surface area contributed by atoms with E-state index in [-0.39, 0.29) is 28.7 Å². The van der Waals surface area contributed by atoms with Crippen LogP contribution < -0.4 is 5.11 Å². The Morgan fingerprint density at radius 1 is 1.20 bits per heavy atom. The van der Waals surface area contributed by atoms with Crippen LogP contribution in [0, 0.1) is 0 Å². The van der Waals surface area contributed by atoms with Crippen molar-refractivity contribution in [3.05, 3.63) is 66.0 Å². The van der Waals surface area contributed by atoms with Gasteiger partial charge in [-0.15, -0.1) is 17.4 Å². The molecule has 0 aliphatic heterocycles. The normalized spacial score (nSPS) is 11.7. The molecule has 0 heterocycles. The first-order valence-electron chi connectivity index (χ1n) is 4.32. The molecule has 0 atom stereocenters. The molecule has 1 aromatic carbocycles. The van der Waals surface area contributed by atoms with Crippen LogP contribution in [0.2, 0.25) is 0 Å². The van der Waals surface area contributed by atoms with E-state index in [0.717, 1.165) is 0 Å². The Morgan fingerprint density at radius 3 is 2.07 bits per heavy atom. The molecule has 0 radical (unpaired) electrons. The predicted molar refractivity (Wildman–Crippen MR) is 58.1 cm³/mol. The Morgan fingerprint density at radius 2 is 1.73 bits per heavy atom. The van der Waals surface area contributed by atoms with E-state index in [0.29, 0.717) is 5.57 Å². The fraction of sp³-hybridized carbons (Fsp3) is 0.0833. The maximum Gasteiger partial charge on any atom is 2.00 e. The van der Waals surface area contributed by atoms with Crippen molar-refractivity contribution in [2.75, 3.05) is 5.88 Å². The smallest absolute Gasteiger partial charge is 0.874 e. The van der Waals surface area contributed by atoms with E-state index in [1.165, 1.54) is 0 Å². The number of rotatable bonds is 1. The molecular weight excluding hydrogens is 251 g/mol. The summed E-state index contributed by atoms with van der Waals surface area (Å²) in [5, 5.41) is 10.7. The van der Waals surface area contributed by atoms with E-state index in [1.807, 2.05) is 42.5 Å². The average molecular weight is 263 g/mol. The molecule has 0 unspecified atom stereocenters. The summed E-state index contributed by atoms with van der Waals surface area (Å²) in [5.74, 6) is 0.0611. The molecule has 80 valence electrons. The van der Waals surface area contributed by atoms with Crippen LogP contribution in [0.3, 0.4) is 0 Å². The van der Waals surface area contributed by atoms with Gasteiger partial charge in [0.05, 0.1) is 0 Å².